The smallest absolute Gasteiger partial charge is 0.349 e. The highest BCUT2D eigenvalue weighted by Crippen LogP contribution is 2.27. The second kappa shape index (κ2) is 7.97. The van der Waals surface area contributed by atoms with Crippen LogP contribution in [-0.2, 0) is 9.59 Å². The molecule has 2 aromatic carbocycles. The maximum absolute atomic E-state index is 11.9. The minimum absolute atomic E-state index is 0.159. The highest BCUT2D eigenvalue weighted by atomic mass is 79.9. The first-order valence-corrected chi connectivity index (χ1v) is 8.12. The number of carbonyl (C=O) groups excluding carboxylic acids is 2. The van der Waals surface area contributed by atoms with Gasteiger partial charge in [-0.3, -0.25) is 4.79 Å². The maximum Gasteiger partial charge on any atom is 0.349 e. The van der Waals surface area contributed by atoms with Gasteiger partial charge in [-0.15, -0.1) is 0 Å². The van der Waals surface area contributed by atoms with Gasteiger partial charge in [-0.05, 0) is 61.4 Å². The summed E-state index contributed by atoms with van der Waals surface area (Å²) in [6.45, 7) is 5.08. The lowest BCUT2D eigenvalue weighted by molar-refractivity contribution is -0.136. The lowest BCUT2D eigenvalue weighted by atomic mass is 10.1. The molecule has 1 amide bonds. The number of benzene rings is 2. The van der Waals surface area contributed by atoms with Gasteiger partial charge >= 0.3 is 5.97 Å². The average molecular weight is 392 g/mol. The molecule has 0 bridgehead atoms. The van der Waals surface area contributed by atoms with Crippen LogP contribution in [0.2, 0.25) is 0 Å². The van der Waals surface area contributed by atoms with Gasteiger partial charge in [-0.2, -0.15) is 0 Å². The summed E-state index contributed by atoms with van der Waals surface area (Å²) < 4.78 is 11.8. The molecule has 0 aliphatic carbocycles. The highest BCUT2D eigenvalue weighted by Gasteiger charge is 2.10. The number of ether oxygens (including phenoxy) is 2. The summed E-state index contributed by atoms with van der Waals surface area (Å²) in [5, 5.41) is 2.64. The fourth-order valence-corrected chi connectivity index (χ4v) is 2.91. The van der Waals surface area contributed by atoms with Crippen molar-refractivity contribution < 1.29 is 19.1 Å². The van der Waals surface area contributed by atoms with Gasteiger partial charge in [0.1, 0.15) is 11.5 Å². The van der Waals surface area contributed by atoms with Gasteiger partial charge in [-0.25, -0.2) is 4.79 Å². The average Bonchev–Trinajstić information content (AvgIpc) is 2.47. The zero-order valence-electron chi connectivity index (χ0n) is 13.7. The van der Waals surface area contributed by atoms with Crippen LogP contribution in [-0.4, -0.2) is 18.5 Å². The standard InChI is InChI=1S/C18H18BrNO4/c1-11-8-14(19)9-12(2)18(11)23-10-17(22)24-16-6-4-15(5-7-16)20-13(3)21/h4-9H,10H2,1-3H3,(H,20,21). The van der Waals surface area contributed by atoms with Crippen LogP contribution >= 0.6 is 15.9 Å². The number of carbonyl (C=O) groups is 2. The Balaban J connectivity index is 1.93. The van der Waals surface area contributed by atoms with Crippen LogP contribution in [0.4, 0.5) is 5.69 Å². The largest absolute Gasteiger partial charge is 0.481 e. The highest BCUT2D eigenvalue weighted by molar-refractivity contribution is 9.10. The monoisotopic (exact) mass is 391 g/mol. The SMILES string of the molecule is CC(=O)Nc1ccc(OC(=O)COc2c(C)cc(Br)cc2C)cc1. The zero-order valence-corrected chi connectivity index (χ0v) is 15.3. The predicted molar refractivity (Wildman–Crippen MR) is 95.5 cm³/mol. The molecule has 5 nitrogen and oxygen atoms in total. The number of halogens is 1. The summed E-state index contributed by atoms with van der Waals surface area (Å²) >= 11 is 3.42. The Morgan fingerprint density at radius 2 is 1.67 bits per heavy atom. The van der Waals surface area contributed by atoms with Crippen LogP contribution in [0.15, 0.2) is 40.9 Å². The molecule has 24 heavy (non-hydrogen) atoms. The van der Waals surface area contributed by atoms with Crippen molar-refractivity contribution in [3.63, 3.8) is 0 Å². The Morgan fingerprint density at radius 1 is 1.08 bits per heavy atom. The van der Waals surface area contributed by atoms with E-state index >= 15 is 0 Å². The Hall–Kier alpha value is -2.34. The molecule has 0 heterocycles. The molecule has 0 aliphatic rings. The Bertz CT molecular complexity index is 733. The van der Waals surface area contributed by atoms with Crippen LogP contribution < -0.4 is 14.8 Å². The molecular weight excluding hydrogens is 374 g/mol. The van der Waals surface area contributed by atoms with Gasteiger partial charge in [0.2, 0.25) is 5.91 Å². The molecular formula is C18H18BrNO4. The first-order valence-electron chi connectivity index (χ1n) is 7.33. The Kier molecular flexibility index (Phi) is 5.98. The number of rotatable bonds is 5. The number of anilines is 1. The number of hydrogen-bond acceptors (Lipinski definition) is 4. The molecule has 2 rings (SSSR count). The lowest BCUT2D eigenvalue weighted by Gasteiger charge is -2.12. The van der Waals surface area contributed by atoms with Crippen LogP contribution in [0, 0.1) is 13.8 Å². The van der Waals surface area contributed by atoms with Crippen LogP contribution in [0.25, 0.3) is 0 Å². The molecule has 2 aromatic rings. The minimum Gasteiger partial charge on any atom is -0.481 e. The van der Waals surface area contributed by atoms with Crippen LogP contribution in [0.3, 0.4) is 0 Å². The van der Waals surface area contributed by atoms with E-state index in [0.717, 1.165) is 15.6 Å². The number of amides is 1. The minimum atomic E-state index is -0.496. The van der Waals surface area contributed by atoms with E-state index in [-0.39, 0.29) is 12.5 Å². The van der Waals surface area contributed by atoms with E-state index in [4.69, 9.17) is 9.47 Å². The number of hydrogen-bond donors (Lipinski definition) is 1. The van der Waals surface area contributed by atoms with Crippen LogP contribution in [0.1, 0.15) is 18.1 Å². The van der Waals surface area contributed by atoms with Crippen molar-refractivity contribution in [3.8, 4) is 11.5 Å². The molecule has 0 saturated carbocycles. The van der Waals surface area contributed by atoms with Gasteiger partial charge in [0.25, 0.3) is 0 Å². The summed E-state index contributed by atoms with van der Waals surface area (Å²) in [4.78, 5) is 22.9. The molecule has 0 spiro atoms. The quantitative estimate of drug-likeness (QED) is 0.617. The van der Waals surface area contributed by atoms with E-state index in [1.165, 1.54) is 6.92 Å². The summed E-state index contributed by atoms with van der Waals surface area (Å²) in [6, 6.07) is 10.4. The Morgan fingerprint density at radius 3 is 2.21 bits per heavy atom. The van der Waals surface area contributed by atoms with E-state index in [0.29, 0.717) is 17.2 Å². The molecule has 1 N–H and O–H groups in total. The molecule has 0 fully saturated rings. The topological polar surface area (TPSA) is 64.6 Å². The fourth-order valence-electron chi connectivity index (χ4n) is 2.23. The van der Waals surface area contributed by atoms with Crippen molar-refractivity contribution in [2.24, 2.45) is 0 Å². The molecule has 126 valence electrons. The van der Waals surface area contributed by atoms with Crippen molar-refractivity contribution in [1.82, 2.24) is 0 Å². The summed E-state index contributed by atoms with van der Waals surface area (Å²) in [6.07, 6.45) is 0. The summed E-state index contributed by atoms with van der Waals surface area (Å²) in [5.41, 5.74) is 2.52. The third-order valence-corrected chi connectivity index (χ3v) is 3.62. The third-order valence-electron chi connectivity index (χ3n) is 3.17. The number of nitrogens with one attached hydrogen (secondary N) is 1. The number of esters is 1. The van der Waals surface area contributed by atoms with E-state index < -0.39 is 5.97 Å². The van der Waals surface area contributed by atoms with E-state index in [2.05, 4.69) is 21.2 Å². The zero-order chi connectivity index (χ0) is 17.7. The van der Waals surface area contributed by atoms with Crippen LogP contribution in [0.5, 0.6) is 11.5 Å². The van der Waals surface area contributed by atoms with Gasteiger partial charge in [-0.1, -0.05) is 15.9 Å². The second-order valence-electron chi connectivity index (χ2n) is 5.34. The lowest BCUT2D eigenvalue weighted by Crippen LogP contribution is -2.18. The molecule has 0 unspecified atom stereocenters. The van der Waals surface area contributed by atoms with Gasteiger partial charge in [0.15, 0.2) is 6.61 Å². The normalized spacial score (nSPS) is 10.2. The van der Waals surface area contributed by atoms with Gasteiger partial charge in [0, 0.05) is 17.1 Å². The summed E-state index contributed by atoms with van der Waals surface area (Å²) in [5.74, 6) is 0.412. The van der Waals surface area contributed by atoms with Crippen molar-refractivity contribution in [2.75, 3.05) is 11.9 Å². The van der Waals surface area contributed by atoms with E-state index in [1.54, 1.807) is 24.3 Å². The molecule has 0 aliphatic heterocycles. The second-order valence-corrected chi connectivity index (χ2v) is 6.25. The first-order chi connectivity index (χ1) is 11.3. The first kappa shape index (κ1) is 18.0. The molecule has 6 heteroatoms. The van der Waals surface area contributed by atoms with Crippen molar-refractivity contribution in [1.29, 1.82) is 0 Å². The predicted octanol–water partition coefficient (Wildman–Crippen LogP) is 4.01. The van der Waals surface area contributed by atoms with Gasteiger partial charge < -0.3 is 14.8 Å². The molecule has 0 radical (unpaired) electrons. The maximum atomic E-state index is 11.9. The van der Waals surface area contributed by atoms with E-state index in [1.807, 2.05) is 26.0 Å². The third kappa shape index (κ3) is 5.09. The summed E-state index contributed by atoms with van der Waals surface area (Å²) in [7, 11) is 0. The van der Waals surface area contributed by atoms with Crippen molar-refractivity contribution in [3.05, 3.63) is 52.0 Å². The Labute approximate surface area is 149 Å². The van der Waals surface area contributed by atoms with Crippen molar-refractivity contribution >= 4 is 33.5 Å². The van der Waals surface area contributed by atoms with Crippen molar-refractivity contribution in [2.45, 2.75) is 20.8 Å². The molecule has 0 aromatic heterocycles. The molecule has 0 atom stereocenters. The fraction of sp³-hybridized carbons (Fsp3) is 0.222. The number of aryl methyl sites for hydroxylation is 2. The molecule has 0 saturated heterocycles. The van der Waals surface area contributed by atoms with Gasteiger partial charge in [0.05, 0.1) is 0 Å². The van der Waals surface area contributed by atoms with E-state index in [9.17, 15) is 9.59 Å².